The van der Waals surface area contributed by atoms with Crippen LogP contribution in [0.4, 0.5) is 5.69 Å². The van der Waals surface area contributed by atoms with Crippen LogP contribution in [0, 0.1) is 0 Å². The Bertz CT molecular complexity index is 1200. The molecule has 0 radical (unpaired) electrons. The average molecular weight is 411 g/mol. The zero-order valence-electron chi connectivity index (χ0n) is 17.8. The first-order valence-electron chi connectivity index (χ1n) is 11.1. The molecule has 0 aliphatic carbocycles. The second-order valence-electron chi connectivity index (χ2n) is 8.38. The van der Waals surface area contributed by atoms with Crippen molar-refractivity contribution in [3.63, 3.8) is 0 Å². The first-order valence-corrected chi connectivity index (χ1v) is 11.1. The summed E-state index contributed by atoms with van der Waals surface area (Å²) in [5.41, 5.74) is 6.04. The summed E-state index contributed by atoms with van der Waals surface area (Å²) in [6, 6.07) is 27.1. The molecule has 1 aromatic heterocycles. The molecule has 5 rings (SSSR count). The molecule has 1 aliphatic heterocycles. The molecule has 0 unspecified atom stereocenters. The Morgan fingerprint density at radius 3 is 2.61 bits per heavy atom. The number of amides is 1. The van der Waals surface area contributed by atoms with Gasteiger partial charge >= 0.3 is 0 Å². The third-order valence-electron chi connectivity index (χ3n) is 6.47. The fraction of sp³-hybridized carbons (Fsp3) is 0.222. The number of hydrogen-bond donors (Lipinski definition) is 2. The fourth-order valence-electron chi connectivity index (χ4n) is 4.76. The molecule has 3 N–H and O–H groups in total. The van der Waals surface area contributed by atoms with Crippen LogP contribution in [0.1, 0.15) is 29.5 Å². The topological polar surface area (TPSA) is 52.7 Å². The van der Waals surface area contributed by atoms with Gasteiger partial charge in [-0.15, -0.1) is 0 Å². The van der Waals surface area contributed by atoms with E-state index in [0.29, 0.717) is 0 Å². The van der Waals surface area contributed by atoms with Gasteiger partial charge < -0.3 is 15.2 Å². The zero-order chi connectivity index (χ0) is 21.2. The Kier molecular flexibility index (Phi) is 5.31. The molecule has 31 heavy (non-hydrogen) atoms. The van der Waals surface area contributed by atoms with E-state index in [1.807, 2.05) is 24.0 Å². The first kappa shape index (κ1) is 19.6. The number of para-hydroxylation sites is 2. The summed E-state index contributed by atoms with van der Waals surface area (Å²) in [6.45, 7) is 3.62. The van der Waals surface area contributed by atoms with Crippen LogP contribution in [0.25, 0.3) is 10.9 Å². The number of quaternary nitrogens is 1. The van der Waals surface area contributed by atoms with Crippen LogP contribution in [0.15, 0.2) is 85.1 Å². The van der Waals surface area contributed by atoms with Crippen molar-refractivity contribution in [2.24, 2.45) is 0 Å². The lowest BCUT2D eigenvalue weighted by Crippen LogP contribution is -2.92. The number of aromatic nitrogens is 1. The van der Waals surface area contributed by atoms with Crippen LogP contribution >= 0.6 is 0 Å². The fourth-order valence-corrected chi connectivity index (χ4v) is 4.76. The Morgan fingerprint density at radius 2 is 1.74 bits per heavy atom. The number of carbonyl (C=O) groups excluding carboxylic acids is 1. The normalized spacial score (nSPS) is 15.1. The van der Waals surface area contributed by atoms with Gasteiger partial charge in [0, 0.05) is 29.3 Å². The maximum atomic E-state index is 13.2. The number of nitrogens with one attached hydrogen (secondary N) is 1. The van der Waals surface area contributed by atoms with Crippen LogP contribution in [0.3, 0.4) is 0 Å². The summed E-state index contributed by atoms with van der Waals surface area (Å²) in [6.07, 6.45) is 3.07. The van der Waals surface area contributed by atoms with Crippen molar-refractivity contribution >= 4 is 22.5 Å². The molecule has 0 saturated carbocycles. The molecule has 1 amide bonds. The molecule has 2 atom stereocenters. The molecule has 2 heterocycles. The second kappa shape index (κ2) is 8.40. The molecular formula is C27H28N3O+. The Labute approximate surface area is 182 Å². The van der Waals surface area contributed by atoms with Gasteiger partial charge in [0.15, 0.2) is 6.04 Å². The van der Waals surface area contributed by atoms with Crippen molar-refractivity contribution in [3.05, 3.63) is 102 Å². The summed E-state index contributed by atoms with van der Waals surface area (Å²) >= 11 is 0. The van der Waals surface area contributed by atoms with E-state index in [2.05, 4.69) is 83.2 Å². The third kappa shape index (κ3) is 3.75. The van der Waals surface area contributed by atoms with E-state index in [-0.39, 0.29) is 17.9 Å². The number of hydrogen-bond acceptors (Lipinski definition) is 1. The van der Waals surface area contributed by atoms with E-state index < -0.39 is 0 Å². The molecule has 3 aromatic carbocycles. The lowest BCUT2D eigenvalue weighted by molar-refractivity contribution is -0.674. The number of aromatic amines is 1. The number of fused-ring (bicyclic) bond motifs is 2. The zero-order valence-corrected chi connectivity index (χ0v) is 17.8. The quantitative estimate of drug-likeness (QED) is 0.499. The highest BCUT2D eigenvalue weighted by Gasteiger charge is 2.30. The van der Waals surface area contributed by atoms with E-state index in [4.69, 9.17) is 0 Å². The molecule has 4 aromatic rings. The van der Waals surface area contributed by atoms with E-state index in [1.54, 1.807) is 0 Å². The minimum atomic E-state index is -0.137. The van der Waals surface area contributed by atoms with Crippen LogP contribution in [-0.4, -0.2) is 30.0 Å². The minimum Gasteiger partial charge on any atom is -0.361 e. The Hall–Kier alpha value is -3.37. The number of rotatable bonds is 6. The SMILES string of the molecule is C[C@@H]([NH2+]C[C@@H](c1ccccc1)c1c[nH]c2ccccc12)C(=O)N1CCc2ccccc21. The van der Waals surface area contributed by atoms with E-state index in [0.717, 1.165) is 30.7 Å². The Morgan fingerprint density at radius 1 is 1.00 bits per heavy atom. The first-order chi connectivity index (χ1) is 15.2. The van der Waals surface area contributed by atoms with Crippen molar-refractivity contribution in [2.45, 2.75) is 25.3 Å². The highest BCUT2D eigenvalue weighted by atomic mass is 16.2. The van der Waals surface area contributed by atoms with Gasteiger partial charge in [-0.25, -0.2) is 0 Å². The van der Waals surface area contributed by atoms with Gasteiger partial charge in [0.2, 0.25) is 0 Å². The molecule has 0 saturated heterocycles. The number of nitrogens with zero attached hydrogens (tertiary/aromatic N) is 1. The summed E-state index contributed by atoms with van der Waals surface area (Å²) in [7, 11) is 0. The van der Waals surface area contributed by atoms with Crippen molar-refractivity contribution < 1.29 is 10.1 Å². The van der Waals surface area contributed by atoms with Gasteiger partial charge in [0.05, 0.1) is 12.5 Å². The van der Waals surface area contributed by atoms with E-state index in [9.17, 15) is 4.79 Å². The monoisotopic (exact) mass is 410 g/mol. The van der Waals surface area contributed by atoms with Crippen LogP contribution < -0.4 is 10.2 Å². The van der Waals surface area contributed by atoms with Crippen molar-refractivity contribution in [1.29, 1.82) is 0 Å². The largest absolute Gasteiger partial charge is 0.361 e. The number of H-pyrrole nitrogens is 1. The number of carbonyl (C=O) groups is 1. The predicted octanol–water partition coefficient (Wildman–Crippen LogP) is 3.84. The van der Waals surface area contributed by atoms with Gasteiger partial charge in [-0.3, -0.25) is 4.79 Å². The maximum absolute atomic E-state index is 13.2. The van der Waals surface area contributed by atoms with Gasteiger partial charge in [0.1, 0.15) is 0 Å². The average Bonchev–Trinajstić information content (AvgIpc) is 3.44. The molecular weight excluding hydrogens is 382 g/mol. The molecule has 0 spiro atoms. The molecule has 4 heteroatoms. The van der Waals surface area contributed by atoms with Crippen LogP contribution in [0.5, 0.6) is 0 Å². The Balaban J connectivity index is 1.37. The standard InChI is InChI=1S/C27H27N3O/c1-19(27(31)30-16-15-21-11-5-8-14-26(21)30)28-17-23(20-9-3-2-4-10-20)24-18-29-25-13-7-6-12-22(24)25/h2-14,18-19,23,28-29H,15-17H2,1H3/p+1/t19-,23+/m1/s1. The molecule has 1 aliphatic rings. The highest BCUT2D eigenvalue weighted by Crippen LogP contribution is 2.30. The van der Waals surface area contributed by atoms with Crippen LogP contribution in [-0.2, 0) is 11.2 Å². The molecule has 4 nitrogen and oxygen atoms in total. The lowest BCUT2D eigenvalue weighted by atomic mass is 9.90. The molecule has 156 valence electrons. The molecule has 0 fully saturated rings. The predicted molar refractivity (Wildman–Crippen MR) is 125 cm³/mol. The second-order valence-corrected chi connectivity index (χ2v) is 8.38. The van der Waals surface area contributed by atoms with Crippen LogP contribution in [0.2, 0.25) is 0 Å². The minimum absolute atomic E-state index is 0.137. The summed E-state index contributed by atoms with van der Waals surface area (Å²) < 4.78 is 0. The van der Waals surface area contributed by atoms with E-state index >= 15 is 0 Å². The van der Waals surface area contributed by atoms with Crippen molar-refractivity contribution in [3.8, 4) is 0 Å². The van der Waals surface area contributed by atoms with Crippen molar-refractivity contribution in [2.75, 3.05) is 18.0 Å². The summed E-state index contributed by atoms with van der Waals surface area (Å²) in [4.78, 5) is 18.6. The summed E-state index contributed by atoms with van der Waals surface area (Å²) in [5, 5.41) is 3.44. The number of benzene rings is 3. The summed E-state index contributed by atoms with van der Waals surface area (Å²) in [5.74, 6) is 0.397. The molecule has 0 bridgehead atoms. The smallest absolute Gasteiger partial charge is 0.284 e. The van der Waals surface area contributed by atoms with Gasteiger partial charge in [-0.2, -0.15) is 0 Å². The van der Waals surface area contributed by atoms with Gasteiger partial charge in [-0.1, -0.05) is 66.7 Å². The number of nitrogens with two attached hydrogens (primary N) is 1. The lowest BCUT2D eigenvalue weighted by Gasteiger charge is -2.22. The van der Waals surface area contributed by atoms with Crippen molar-refractivity contribution in [1.82, 2.24) is 4.98 Å². The van der Waals surface area contributed by atoms with Gasteiger partial charge in [0.25, 0.3) is 5.91 Å². The highest BCUT2D eigenvalue weighted by molar-refractivity contribution is 5.97. The number of anilines is 1. The maximum Gasteiger partial charge on any atom is 0.284 e. The van der Waals surface area contributed by atoms with E-state index in [1.165, 1.54) is 22.1 Å². The third-order valence-corrected chi connectivity index (χ3v) is 6.47. The van der Waals surface area contributed by atoms with Gasteiger partial charge in [-0.05, 0) is 42.2 Å².